The average molecular weight is 372 g/mol. The van der Waals surface area contributed by atoms with Crippen LogP contribution in [0, 0.1) is 0 Å². The second kappa shape index (κ2) is 7.49. The molecule has 0 spiro atoms. The summed E-state index contributed by atoms with van der Waals surface area (Å²) in [6, 6.07) is 13.2. The fourth-order valence-electron chi connectivity index (χ4n) is 2.82. The van der Waals surface area contributed by atoms with E-state index in [1.54, 1.807) is 56.5 Å². The summed E-state index contributed by atoms with van der Waals surface area (Å²) in [4.78, 5) is 24.9. The van der Waals surface area contributed by atoms with Gasteiger partial charge >= 0.3 is 6.03 Å². The Kier molecular flexibility index (Phi) is 5.14. The molecule has 3 amide bonds. The van der Waals surface area contributed by atoms with E-state index in [0.717, 1.165) is 5.56 Å². The van der Waals surface area contributed by atoms with Crippen molar-refractivity contribution in [2.24, 2.45) is 0 Å². The van der Waals surface area contributed by atoms with Gasteiger partial charge in [0, 0.05) is 5.70 Å². The van der Waals surface area contributed by atoms with Crippen molar-refractivity contribution in [3.8, 4) is 5.75 Å². The molecule has 7 heteroatoms. The molecule has 1 atom stereocenters. The number of amides is 3. The van der Waals surface area contributed by atoms with Gasteiger partial charge in [-0.05, 0) is 36.8 Å². The van der Waals surface area contributed by atoms with E-state index in [9.17, 15) is 9.59 Å². The lowest BCUT2D eigenvalue weighted by Crippen LogP contribution is -2.46. The van der Waals surface area contributed by atoms with Gasteiger partial charge in [0.1, 0.15) is 5.75 Å². The summed E-state index contributed by atoms with van der Waals surface area (Å²) in [5.74, 6) is 0.287. The number of benzene rings is 2. The number of rotatable bonds is 4. The summed E-state index contributed by atoms with van der Waals surface area (Å²) in [5, 5.41) is 8.67. The highest BCUT2D eigenvalue weighted by molar-refractivity contribution is 6.33. The zero-order valence-corrected chi connectivity index (χ0v) is 15.1. The third kappa shape index (κ3) is 3.65. The van der Waals surface area contributed by atoms with Crippen LogP contribution in [-0.2, 0) is 4.79 Å². The topological polar surface area (TPSA) is 79.5 Å². The van der Waals surface area contributed by atoms with Crippen LogP contribution in [0.2, 0.25) is 5.02 Å². The minimum absolute atomic E-state index is 0.351. The van der Waals surface area contributed by atoms with Gasteiger partial charge in [-0.3, -0.25) is 4.79 Å². The lowest BCUT2D eigenvalue weighted by molar-refractivity contribution is -0.113. The Balaban J connectivity index is 1.97. The van der Waals surface area contributed by atoms with E-state index in [1.807, 2.05) is 6.07 Å². The normalized spacial score (nSPS) is 16.6. The van der Waals surface area contributed by atoms with E-state index < -0.39 is 6.04 Å². The molecule has 3 N–H and O–H groups in total. The zero-order valence-electron chi connectivity index (χ0n) is 14.3. The number of nitrogens with one attached hydrogen (secondary N) is 3. The number of para-hydroxylation sites is 1. The van der Waals surface area contributed by atoms with Crippen molar-refractivity contribution in [3.63, 3.8) is 0 Å². The zero-order chi connectivity index (χ0) is 18.7. The SMILES string of the molecule is COc1cccc([C@H]2NC(=O)NC(C)=C2C(=O)Nc2ccccc2Cl)c1. The first-order valence-corrected chi connectivity index (χ1v) is 8.35. The Morgan fingerprint density at radius 3 is 2.69 bits per heavy atom. The maximum Gasteiger partial charge on any atom is 0.319 e. The van der Waals surface area contributed by atoms with Crippen LogP contribution in [0.1, 0.15) is 18.5 Å². The van der Waals surface area contributed by atoms with Gasteiger partial charge in [-0.2, -0.15) is 0 Å². The van der Waals surface area contributed by atoms with E-state index in [1.165, 1.54) is 0 Å². The Bertz CT molecular complexity index is 895. The maximum absolute atomic E-state index is 12.9. The molecule has 2 aromatic rings. The standard InChI is InChI=1S/C19H18ClN3O3/c1-11-16(18(24)22-15-9-4-3-8-14(15)20)17(23-19(25)21-11)12-6-5-7-13(10-12)26-2/h3-10,17H,1-2H3,(H,22,24)(H2,21,23,25)/t17-/m1/s1. The van der Waals surface area contributed by atoms with Crippen molar-refractivity contribution in [1.29, 1.82) is 0 Å². The van der Waals surface area contributed by atoms with E-state index in [2.05, 4.69) is 16.0 Å². The van der Waals surface area contributed by atoms with Crippen LogP contribution in [-0.4, -0.2) is 19.0 Å². The number of hydrogen-bond donors (Lipinski definition) is 3. The summed E-state index contributed by atoms with van der Waals surface area (Å²) in [5.41, 5.74) is 2.12. The number of carbonyl (C=O) groups is 2. The fraction of sp³-hybridized carbons (Fsp3) is 0.158. The van der Waals surface area contributed by atoms with Crippen molar-refractivity contribution < 1.29 is 14.3 Å². The summed E-state index contributed by atoms with van der Waals surface area (Å²) < 4.78 is 5.24. The second-order valence-electron chi connectivity index (χ2n) is 5.78. The summed E-state index contributed by atoms with van der Waals surface area (Å²) in [7, 11) is 1.56. The predicted molar refractivity (Wildman–Crippen MR) is 100 cm³/mol. The van der Waals surface area contributed by atoms with Crippen LogP contribution < -0.4 is 20.7 Å². The van der Waals surface area contributed by atoms with Crippen molar-refractivity contribution in [3.05, 3.63) is 70.4 Å². The molecule has 1 aliphatic heterocycles. The number of carbonyl (C=O) groups excluding carboxylic acids is 2. The number of hydrogen-bond acceptors (Lipinski definition) is 3. The number of methoxy groups -OCH3 is 1. The molecule has 0 fully saturated rings. The van der Waals surface area contributed by atoms with Gasteiger partial charge in [-0.15, -0.1) is 0 Å². The van der Waals surface area contributed by atoms with Crippen LogP contribution in [0.25, 0.3) is 0 Å². The number of allylic oxidation sites excluding steroid dienone is 1. The molecule has 6 nitrogen and oxygen atoms in total. The first-order chi connectivity index (χ1) is 12.5. The number of anilines is 1. The molecule has 0 saturated carbocycles. The van der Waals surface area contributed by atoms with E-state index >= 15 is 0 Å². The van der Waals surface area contributed by atoms with Gasteiger partial charge < -0.3 is 20.7 Å². The first kappa shape index (κ1) is 17.8. The largest absolute Gasteiger partial charge is 0.497 e. The molecule has 134 valence electrons. The van der Waals surface area contributed by atoms with Gasteiger partial charge in [-0.25, -0.2) is 4.79 Å². The van der Waals surface area contributed by atoms with Crippen LogP contribution >= 0.6 is 11.6 Å². The highest BCUT2D eigenvalue weighted by Crippen LogP contribution is 2.30. The smallest absolute Gasteiger partial charge is 0.319 e. The molecule has 0 bridgehead atoms. The molecule has 26 heavy (non-hydrogen) atoms. The minimum Gasteiger partial charge on any atom is -0.497 e. The van der Waals surface area contributed by atoms with Crippen LogP contribution in [0.4, 0.5) is 10.5 Å². The molecule has 1 aliphatic rings. The van der Waals surface area contributed by atoms with Crippen molar-refractivity contribution in [1.82, 2.24) is 10.6 Å². The summed E-state index contributed by atoms with van der Waals surface area (Å²) in [6.45, 7) is 1.69. The maximum atomic E-state index is 12.9. The minimum atomic E-state index is -0.610. The van der Waals surface area contributed by atoms with E-state index in [4.69, 9.17) is 16.3 Å². The third-order valence-corrected chi connectivity index (χ3v) is 4.39. The first-order valence-electron chi connectivity index (χ1n) is 7.97. The van der Waals surface area contributed by atoms with Crippen LogP contribution in [0.5, 0.6) is 5.75 Å². The monoisotopic (exact) mass is 371 g/mol. The molecular weight excluding hydrogens is 354 g/mol. The fourth-order valence-corrected chi connectivity index (χ4v) is 3.00. The molecule has 2 aromatic carbocycles. The Labute approximate surface area is 156 Å². The van der Waals surface area contributed by atoms with Gasteiger partial charge in [0.2, 0.25) is 0 Å². The molecule has 1 heterocycles. The average Bonchev–Trinajstić information content (AvgIpc) is 2.63. The van der Waals surface area contributed by atoms with E-state index in [-0.39, 0.29) is 11.9 Å². The lowest BCUT2D eigenvalue weighted by atomic mass is 9.94. The Morgan fingerprint density at radius 1 is 1.19 bits per heavy atom. The quantitative estimate of drug-likeness (QED) is 0.768. The summed E-state index contributed by atoms with van der Waals surface area (Å²) in [6.07, 6.45) is 0. The van der Waals surface area contributed by atoms with Gasteiger partial charge in [0.25, 0.3) is 5.91 Å². The molecule has 3 rings (SSSR count). The van der Waals surface area contributed by atoms with Crippen molar-refractivity contribution in [2.75, 3.05) is 12.4 Å². The molecule has 0 unspecified atom stereocenters. The molecular formula is C19H18ClN3O3. The Hall–Kier alpha value is -2.99. The van der Waals surface area contributed by atoms with Crippen molar-refractivity contribution >= 4 is 29.2 Å². The molecule has 0 saturated heterocycles. The summed E-state index contributed by atoms with van der Waals surface area (Å²) >= 11 is 6.13. The van der Waals surface area contributed by atoms with Crippen molar-refractivity contribution in [2.45, 2.75) is 13.0 Å². The van der Waals surface area contributed by atoms with Crippen LogP contribution in [0.3, 0.4) is 0 Å². The van der Waals surface area contributed by atoms with Gasteiger partial charge in [0.15, 0.2) is 0 Å². The predicted octanol–water partition coefficient (Wildman–Crippen LogP) is 3.62. The lowest BCUT2D eigenvalue weighted by Gasteiger charge is -2.29. The highest BCUT2D eigenvalue weighted by atomic mass is 35.5. The van der Waals surface area contributed by atoms with E-state index in [0.29, 0.717) is 27.7 Å². The number of urea groups is 1. The van der Waals surface area contributed by atoms with Gasteiger partial charge in [0.05, 0.1) is 29.4 Å². The number of halogens is 1. The molecule has 0 radical (unpaired) electrons. The Morgan fingerprint density at radius 2 is 1.96 bits per heavy atom. The number of ether oxygens (including phenoxy) is 1. The highest BCUT2D eigenvalue weighted by Gasteiger charge is 2.31. The van der Waals surface area contributed by atoms with Crippen LogP contribution in [0.15, 0.2) is 59.8 Å². The third-order valence-electron chi connectivity index (χ3n) is 4.06. The second-order valence-corrected chi connectivity index (χ2v) is 6.19. The molecule has 0 aliphatic carbocycles. The van der Waals surface area contributed by atoms with Gasteiger partial charge in [-0.1, -0.05) is 35.9 Å². The molecule has 0 aromatic heterocycles.